The van der Waals surface area contributed by atoms with Gasteiger partial charge in [0.15, 0.2) is 0 Å². The average Bonchev–Trinajstić information content (AvgIpc) is 3.46. The molecule has 0 aliphatic rings. The molecule has 0 aliphatic heterocycles. The molecule has 0 rings (SSSR count). The lowest BCUT2D eigenvalue weighted by Gasteiger charge is -2.20. The highest BCUT2D eigenvalue weighted by atomic mass is 16.5. The Bertz CT molecular complexity index is 1210. The van der Waals surface area contributed by atoms with Crippen LogP contribution < -0.4 is 5.32 Å². The molecule has 1 amide bonds. The van der Waals surface area contributed by atoms with Gasteiger partial charge < -0.3 is 20.3 Å². The topological polar surface area (TPSA) is 95.9 Å². The van der Waals surface area contributed by atoms with Crippen LogP contribution >= 0.6 is 0 Å². The van der Waals surface area contributed by atoms with Gasteiger partial charge in [-0.2, -0.15) is 0 Å². The van der Waals surface area contributed by atoms with E-state index in [1.54, 1.807) is 6.08 Å². The Kier molecular flexibility index (Phi) is 68.9. The van der Waals surface area contributed by atoms with Crippen LogP contribution in [0.5, 0.6) is 0 Å². The third-order valence-corrected chi connectivity index (χ3v) is 17.6. The molecule has 0 aromatic heterocycles. The standard InChI is InChI=1S/C74H145NO5/c1-3-5-7-9-11-13-15-17-19-38-42-46-50-54-58-62-66-72(77)71(70-76)75-73(78)67-63-59-55-51-47-43-39-36-34-32-30-28-26-24-22-21-23-25-27-29-31-33-35-37-41-45-49-53-57-61-65-69-80-74(79)68-64-60-56-52-48-44-40-20-18-16-14-12-10-8-6-4-2/h62,66,71-72,76-77H,3-61,63-65,67-70H2,1-2H3,(H,75,78)/b66-62+. The highest BCUT2D eigenvalue weighted by molar-refractivity contribution is 5.76. The number of carbonyl (C=O) groups is 2. The molecule has 0 aliphatic carbocycles. The van der Waals surface area contributed by atoms with Crippen LogP contribution in [0.15, 0.2) is 12.2 Å². The number of ether oxygens (including phenoxy) is 1. The summed E-state index contributed by atoms with van der Waals surface area (Å²) in [5, 5.41) is 23.2. The highest BCUT2D eigenvalue weighted by Crippen LogP contribution is 2.20. The molecule has 3 N–H and O–H groups in total. The number of unbranched alkanes of at least 4 members (excludes halogenated alkanes) is 59. The van der Waals surface area contributed by atoms with E-state index in [-0.39, 0.29) is 18.5 Å². The largest absolute Gasteiger partial charge is 0.466 e. The van der Waals surface area contributed by atoms with Crippen LogP contribution in [0.4, 0.5) is 0 Å². The maximum Gasteiger partial charge on any atom is 0.305 e. The molecule has 80 heavy (non-hydrogen) atoms. The summed E-state index contributed by atoms with van der Waals surface area (Å²) in [6.07, 6.45) is 87.4. The molecule has 0 bridgehead atoms. The number of amides is 1. The van der Waals surface area contributed by atoms with Crippen molar-refractivity contribution in [3.05, 3.63) is 12.2 Å². The lowest BCUT2D eigenvalue weighted by molar-refractivity contribution is -0.143. The molecule has 6 heteroatoms. The molecular formula is C74H145NO5. The molecule has 0 heterocycles. The Morgan fingerprint density at radius 1 is 0.338 bits per heavy atom. The van der Waals surface area contributed by atoms with Crippen molar-refractivity contribution in [3.63, 3.8) is 0 Å². The molecule has 0 spiro atoms. The summed E-state index contributed by atoms with van der Waals surface area (Å²) in [7, 11) is 0. The molecule has 476 valence electrons. The second-order valence-corrected chi connectivity index (χ2v) is 25.6. The number of aliphatic hydroxyl groups is 2. The molecule has 0 aromatic rings. The zero-order valence-electron chi connectivity index (χ0n) is 54.6. The fraction of sp³-hybridized carbons (Fsp3) is 0.946. The normalized spacial score (nSPS) is 12.5. The maximum atomic E-state index is 12.5. The van der Waals surface area contributed by atoms with E-state index in [0.29, 0.717) is 19.4 Å². The summed E-state index contributed by atoms with van der Waals surface area (Å²) in [6, 6.07) is -0.624. The van der Waals surface area contributed by atoms with Crippen molar-refractivity contribution in [2.45, 2.75) is 437 Å². The van der Waals surface area contributed by atoms with Crippen molar-refractivity contribution < 1.29 is 24.5 Å². The van der Waals surface area contributed by atoms with E-state index in [1.807, 2.05) is 6.08 Å². The minimum Gasteiger partial charge on any atom is -0.466 e. The van der Waals surface area contributed by atoms with Gasteiger partial charge in [-0.1, -0.05) is 392 Å². The first-order valence-corrected chi connectivity index (χ1v) is 37.0. The predicted octanol–water partition coefficient (Wildman–Crippen LogP) is 23.9. The van der Waals surface area contributed by atoms with Gasteiger partial charge in [0.25, 0.3) is 0 Å². The third-order valence-electron chi connectivity index (χ3n) is 17.6. The van der Waals surface area contributed by atoms with Crippen LogP contribution in [0.2, 0.25) is 0 Å². The van der Waals surface area contributed by atoms with Gasteiger partial charge in [0.1, 0.15) is 0 Å². The van der Waals surface area contributed by atoms with Crippen molar-refractivity contribution in [3.8, 4) is 0 Å². The predicted molar refractivity (Wildman–Crippen MR) is 352 cm³/mol. The Balaban J connectivity index is 3.32. The fourth-order valence-corrected chi connectivity index (χ4v) is 11.9. The van der Waals surface area contributed by atoms with Gasteiger partial charge >= 0.3 is 5.97 Å². The first kappa shape index (κ1) is 78.6. The number of hydrogen-bond acceptors (Lipinski definition) is 5. The Morgan fingerprint density at radius 3 is 0.850 bits per heavy atom. The van der Waals surface area contributed by atoms with Crippen molar-refractivity contribution in [1.29, 1.82) is 0 Å². The van der Waals surface area contributed by atoms with Crippen molar-refractivity contribution in [1.82, 2.24) is 5.32 Å². The molecule has 0 saturated heterocycles. The zero-order chi connectivity index (χ0) is 57.8. The summed E-state index contributed by atoms with van der Waals surface area (Å²) in [5.74, 6) is -0.0353. The number of rotatable bonds is 70. The van der Waals surface area contributed by atoms with Gasteiger partial charge in [0.05, 0.1) is 25.4 Å². The van der Waals surface area contributed by atoms with Gasteiger partial charge in [-0.15, -0.1) is 0 Å². The highest BCUT2D eigenvalue weighted by Gasteiger charge is 2.18. The second kappa shape index (κ2) is 70.1. The van der Waals surface area contributed by atoms with E-state index in [2.05, 4.69) is 19.2 Å². The summed E-state index contributed by atoms with van der Waals surface area (Å²) in [6.45, 7) is 4.95. The molecule has 0 radical (unpaired) electrons. The summed E-state index contributed by atoms with van der Waals surface area (Å²) in [5.41, 5.74) is 0. The third kappa shape index (κ3) is 65.7. The van der Waals surface area contributed by atoms with Crippen molar-refractivity contribution >= 4 is 11.9 Å². The summed E-state index contributed by atoms with van der Waals surface area (Å²) < 4.78 is 5.51. The Hall–Kier alpha value is -1.40. The lowest BCUT2D eigenvalue weighted by atomic mass is 10.0. The van der Waals surface area contributed by atoms with Gasteiger partial charge in [-0.3, -0.25) is 9.59 Å². The SMILES string of the molecule is CCCCCCCCCCCCCCCC/C=C/C(O)C(CO)NC(=O)CCCCCCCCCCCCCCCCCCCCCCCCCCCCCCCCCOC(=O)CCCCCCCCCCCCCCCCCC. The first-order valence-electron chi connectivity index (χ1n) is 37.0. The van der Waals surface area contributed by atoms with Gasteiger partial charge in [0, 0.05) is 12.8 Å². The monoisotopic (exact) mass is 1130 g/mol. The number of allylic oxidation sites excluding steroid dienone is 1. The molecule has 2 unspecified atom stereocenters. The fourth-order valence-electron chi connectivity index (χ4n) is 11.9. The van der Waals surface area contributed by atoms with Gasteiger partial charge in [-0.05, 0) is 32.1 Å². The quantitative estimate of drug-likeness (QED) is 0.0320. The number of hydrogen-bond donors (Lipinski definition) is 3. The lowest BCUT2D eigenvalue weighted by Crippen LogP contribution is -2.45. The molecule has 2 atom stereocenters. The minimum absolute atomic E-state index is 0.0249. The van der Waals surface area contributed by atoms with Gasteiger partial charge in [-0.25, -0.2) is 0 Å². The Labute approximate surface area is 501 Å². The molecule has 0 saturated carbocycles. The molecule has 6 nitrogen and oxygen atoms in total. The zero-order valence-corrected chi connectivity index (χ0v) is 54.6. The van der Waals surface area contributed by atoms with Crippen LogP contribution in [0, 0.1) is 0 Å². The first-order chi connectivity index (χ1) is 39.5. The van der Waals surface area contributed by atoms with E-state index >= 15 is 0 Å². The summed E-state index contributed by atoms with van der Waals surface area (Å²) in [4.78, 5) is 24.6. The molecule has 0 fully saturated rings. The van der Waals surface area contributed by atoms with Crippen LogP contribution in [0.3, 0.4) is 0 Å². The molecule has 0 aromatic carbocycles. The van der Waals surface area contributed by atoms with E-state index in [9.17, 15) is 19.8 Å². The van der Waals surface area contributed by atoms with Crippen molar-refractivity contribution in [2.75, 3.05) is 13.2 Å². The number of esters is 1. The van der Waals surface area contributed by atoms with E-state index in [0.717, 1.165) is 38.5 Å². The smallest absolute Gasteiger partial charge is 0.305 e. The van der Waals surface area contributed by atoms with E-state index < -0.39 is 12.1 Å². The summed E-state index contributed by atoms with van der Waals surface area (Å²) >= 11 is 0. The van der Waals surface area contributed by atoms with Crippen LogP contribution in [-0.4, -0.2) is 47.4 Å². The van der Waals surface area contributed by atoms with E-state index in [4.69, 9.17) is 4.74 Å². The minimum atomic E-state index is -0.841. The second-order valence-electron chi connectivity index (χ2n) is 25.6. The maximum absolute atomic E-state index is 12.5. The Morgan fingerprint density at radius 2 is 0.575 bits per heavy atom. The van der Waals surface area contributed by atoms with Crippen LogP contribution in [0.1, 0.15) is 425 Å². The van der Waals surface area contributed by atoms with Crippen molar-refractivity contribution in [2.24, 2.45) is 0 Å². The van der Waals surface area contributed by atoms with Crippen LogP contribution in [0.25, 0.3) is 0 Å². The number of carbonyl (C=O) groups excluding carboxylic acids is 2. The number of aliphatic hydroxyl groups excluding tert-OH is 2. The molecular weight excluding hydrogens is 983 g/mol. The van der Waals surface area contributed by atoms with Crippen LogP contribution in [-0.2, 0) is 14.3 Å². The number of nitrogens with one attached hydrogen (secondary N) is 1. The van der Waals surface area contributed by atoms with E-state index in [1.165, 1.54) is 360 Å². The average molecular weight is 1130 g/mol. The van der Waals surface area contributed by atoms with Gasteiger partial charge in [0.2, 0.25) is 5.91 Å².